The van der Waals surface area contributed by atoms with Gasteiger partial charge in [-0.2, -0.15) is 0 Å². The molecule has 2 aromatic rings. The highest BCUT2D eigenvalue weighted by molar-refractivity contribution is 8.00. The Hall–Kier alpha value is -1.89. The predicted octanol–water partition coefficient (Wildman–Crippen LogP) is 4.14. The highest BCUT2D eigenvalue weighted by Gasteiger charge is 2.29. The quantitative estimate of drug-likeness (QED) is 0.666. The van der Waals surface area contributed by atoms with Gasteiger partial charge in [-0.25, -0.2) is 4.68 Å². The molecule has 0 radical (unpaired) electrons. The fourth-order valence-corrected chi connectivity index (χ4v) is 5.53. The zero-order chi connectivity index (χ0) is 20.1. The van der Waals surface area contributed by atoms with Crippen molar-refractivity contribution < 1.29 is 4.79 Å². The van der Waals surface area contributed by atoms with Crippen molar-refractivity contribution in [3.8, 4) is 0 Å². The van der Waals surface area contributed by atoms with E-state index in [0.717, 1.165) is 50.4 Å². The number of thioether (sulfide) groups is 1. The maximum atomic E-state index is 13.0. The number of benzene rings is 1. The first-order valence-electron chi connectivity index (χ1n) is 11.0. The van der Waals surface area contributed by atoms with Crippen molar-refractivity contribution >= 4 is 17.7 Å². The average molecular weight is 414 g/mol. The Labute approximate surface area is 177 Å². The summed E-state index contributed by atoms with van der Waals surface area (Å²) in [5, 5.41) is 13.0. The SMILES string of the molecule is C[C@@H](Sc1nnnn1C1CCCCC1)C(=O)N1CCC(Cc2ccccc2)CC1. The van der Waals surface area contributed by atoms with Crippen molar-refractivity contribution in [2.45, 2.75) is 74.7 Å². The van der Waals surface area contributed by atoms with Crippen LogP contribution < -0.4 is 0 Å². The predicted molar refractivity (Wildman–Crippen MR) is 115 cm³/mol. The van der Waals surface area contributed by atoms with Crippen LogP contribution in [0.25, 0.3) is 0 Å². The van der Waals surface area contributed by atoms with Crippen LogP contribution in [0.4, 0.5) is 0 Å². The smallest absolute Gasteiger partial charge is 0.235 e. The summed E-state index contributed by atoms with van der Waals surface area (Å²) < 4.78 is 1.96. The first kappa shape index (κ1) is 20.4. The lowest BCUT2D eigenvalue weighted by Crippen LogP contribution is -2.42. The van der Waals surface area contributed by atoms with Gasteiger partial charge in [0.15, 0.2) is 0 Å². The van der Waals surface area contributed by atoms with E-state index >= 15 is 0 Å². The Bertz CT molecular complexity index is 782. The standard InChI is InChI=1S/C22H31N5OS/c1-17(29-22-23-24-25-27(22)20-10-6-3-7-11-20)21(28)26-14-12-19(13-15-26)16-18-8-4-2-5-9-18/h2,4-5,8-9,17,19-20H,3,6-7,10-16H2,1H3/t17-/m1/s1. The third-order valence-electron chi connectivity index (χ3n) is 6.31. The number of rotatable bonds is 6. The summed E-state index contributed by atoms with van der Waals surface area (Å²) in [5.74, 6) is 0.884. The molecule has 1 aliphatic heterocycles. The maximum Gasteiger partial charge on any atom is 0.235 e. The molecule has 156 valence electrons. The van der Waals surface area contributed by atoms with Crippen molar-refractivity contribution in [3.05, 3.63) is 35.9 Å². The lowest BCUT2D eigenvalue weighted by Gasteiger charge is -2.33. The van der Waals surface area contributed by atoms with E-state index in [1.165, 1.54) is 36.6 Å². The molecule has 1 aromatic carbocycles. The minimum atomic E-state index is -0.158. The Balaban J connectivity index is 1.29. The molecule has 1 amide bonds. The summed E-state index contributed by atoms with van der Waals surface area (Å²) in [7, 11) is 0. The van der Waals surface area contributed by atoms with Crippen LogP contribution >= 0.6 is 11.8 Å². The molecular weight excluding hydrogens is 382 g/mol. The number of carbonyl (C=O) groups is 1. The van der Waals surface area contributed by atoms with Crippen LogP contribution in [-0.4, -0.2) is 49.4 Å². The van der Waals surface area contributed by atoms with E-state index < -0.39 is 0 Å². The Kier molecular flexibility index (Phi) is 6.85. The number of hydrogen-bond acceptors (Lipinski definition) is 5. The molecule has 2 heterocycles. The maximum absolute atomic E-state index is 13.0. The first-order valence-corrected chi connectivity index (χ1v) is 11.9. The van der Waals surface area contributed by atoms with Crippen LogP contribution in [-0.2, 0) is 11.2 Å². The van der Waals surface area contributed by atoms with E-state index in [0.29, 0.717) is 12.0 Å². The van der Waals surface area contributed by atoms with Crippen molar-refractivity contribution in [1.82, 2.24) is 25.1 Å². The van der Waals surface area contributed by atoms with Crippen LogP contribution in [0.15, 0.2) is 35.5 Å². The topological polar surface area (TPSA) is 63.9 Å². The second-order valence-corrected chi connectivity index (χ2v) is 9.72. The van der Waals surface area contributed by atoms with Gasteiger partial charge < -0.3 is 4.90 Å². The summed E-state index contributed by atoms with van der Waals surface area (Å²) in [6.07, 6.45) is 9.32. The highest BCUT2D eigenvalue weighted by Crippen LogP contribution is 2.32. The van der Waals surface area contributed by atoms with Gasteiger partial charge >= 0.3 is 0 Å². The summed E-state index contributed by atoms with van der Waals surface area (Å²) in [6.45, 7) is 3.70. The Morgan fingerprint density at radius 3 is 2.55 bits per heavy atom. The van der Waals surface area contributed by atoms with E-state index in [1.807, 2.05) is 16.5 Å². The summed E-state index contributed by atoms with van der Waals surface area (Å²) >= 11 is 1.51. The van der Waals surface area contributed by atoms with E-state index in [4.69, 9.17) is 0 Å². The number of tetrazole rings is 1. The van der Waals surface area contributed by atoms with Gasteiger partial charge in [0.25, 0.3) is 0 Å². The largest absolute Gasteiger partial charge is 0.342 e. The molecule has 0 unspecified atom stereocenters. The van der Waals surface area contributed by atoms with Gasteiger partial charge in [-0.15, -0.1) is 5.10 Å². The molecular formula is C22H31N5OS. The number of likely N-dealkylation sites (tertiary alicyclic amines) is 1. The van der Waals surface area contributed by atoms with Crippen LogP contribution in [0.5, 0.6) is 0 Å². The van der Waals surface area contributed by atoms with Gasteiger partial charge in [0, 0.05) is 13.1 Å². The second-order valence-electron chi connectivity index (χ2n) is 8.42. The molecule has 2 fully saturated rings. The van der Waals surface area contributed by atoms with E-state index in [1.54, 1.807) is 0 Å². The van der Waals surface area contributed by atoms with Gasteiger partial charge in [-0.05, 0) is 60.9 Å². The molecule has 0 N–H and O–H groups in total. The van der Waals surface area contributed by atoms with E-state index in [-0.39, 0.29) is 11.2 Å². The molecule has 4 rings (SSSR count). The number of aromatic nitrogens is 4. The van der Waals surface area contributed by atoms with Crippen molar-refractivity contribution in [1.29, 1.82) is 0 Å². The van der Waals surface area contributed by atoms with E-state index in [2.05, 4.69) is 45.9 Å². The Morgan fingerprint density at radius 2 is 1.83 bits per heavy atom. The molecule has 0 spiro atoms. The summed E-state index contributed by atoms with van der Waals surface area (Å²) in [4.78, 5) is 15.0. The number of nitrogens with zero attached hydrogens (tertiary/aromatic N) is 5. The summed E-state index contributed by atoms with van der Waals surface area (Å²) in [5.41, 5.74) is 1.40. The van der Waals surface area contributed by atoms with Gasteiger partial charge in [0.2, 0.25) is 11.1 Å². The van der Waals surface area contributed by atoms with Gasteiger partial charge in [0.05, 0.1) is 11.3 Å². The lowest BCUT2D eigenvalue weighted by atomic mass is 9.90. The van der Waals surface area contributed by atoms with Crippen molar-refractivity contribution in [2.24, 2.45) is 5.92 Å². The minimum absolute atomic E-state index is 0.158. The number of piperidine rings is 1. The van der Waals surface area contributed by atoms with Gasteiger partial charge in [-0.1, -0.05) is 61.4 Å². The monoisotopic (exact) mass is 413 g/mol. The molecule has 2 aliphatic rings. The third kappa shape index (κ3) is 5.18. The fourth-order valence-electron chi connectivity index (χ4n) is 4.59. The summed E-state index contributed by atoms with van der Waals surface area (Å²) in [6, 6.07) is 11.1. The molecule has 29 heavy (non-hydrogen) atoms. The molecule has 1 aliphatic carbocycles. The van der Waals surface area contributed by atoms with Crippen molar-refractivity contribution in [3.63, 3.8) is 0 Å². The van der Waals surface area contributed by atoms with Crippen LogP contribution in [0.1, 0.15) is 63.5 Å². The fraction of sp³-hybridized carbons (Fsp3) is 0.636. The average Bonchev–Trinajstić information content (AvgIpc) is 3.23. The minimum Gasteiger partial charge on any atom is -0.342 e. The molecule has 6 nitrogen and oxygen atoms in total. The normalized spacial score (nSPS) is 20.0. The number of amides is 1. The van der Waals surface area contributed by atoms with Crippen molar-refractivity contribution in [2.75, 3.05) is 13.1 Å². The third-order valence-corrected chi connectivity index (χ3v) is 7.34. The molecule has 1 atom stereocenters. The molecule has 7 heteroatoms. The van der Waals surface area contributed by atoms with Gasteiger partial charge in [-0.3, -0.25) is 4.79 Å². The van der Waals surface area contributed by atoms with Crippen LogP contribution in [0.3, 0.4) is 0 Å². The molecule has 1 aromatic heterocycles. The second kappa shape index (κ2) is 9.74. The first-order chi connectivity index (χ1) is 14.2. The molecule has 1 saturated carbocycles. The van der Waals surface area contributed by atoms with Crippen LogP contribution in [0.2, 0.25) is 0 Å². The zero-order valence-electron chi connectivity index (χ0n) is 17.2. The van der Waals surface area contributed by atoms with E-state index in [9.17, 15) is 4.79 Å². The molecule has 0 bridgehead atoms. The molecule has 1 saturated heterocycles. The zero-order valence-corrected chi connectivity index (χ0v) is 18.1. The number of hydrogen-bond donors (Lipinski definition) is 0. The van der Waals surface area contributed by atoms with Crippen LogP contribution in [0, 0.1) is 5.92 Å². The number of carbonyl (C=O) groups excluding carboxylic acids is 1. The Morgan fingerprint density at radius 1 is 1.10 bits per heavy atom. The lowest BCUT2D eigenvalue weighted by molar-refractivity contribution is -0.131. The van der Waals surface area contributed by atoms with Gasteiger partial charge in [0.1, 0.15) is 0 Å². The highest BCUT2D eigenvalue weighted by atomic mass is 32.2.